The van der Waals surface area contributed by atoms with Gasteiger partial charge in [-0.05, 0) is 31.2 Å². The molecule has 0 aromatic heterocycles. The fraction of sp³-hybridized carbons (Fsp3) is 0.231. The summed E-state index contributed by atoms with van der Waals surface area (Å²) in [6, 6.07) is 8.01. The quantitative estimate of drug-likeness (QED) is 0.805. The Labute approximate surface area is 95.5 Å². The second-order valence-corrected chi connectivity index (χ2v) is 4.16. The number of benzene rings is 1. The Hall–Kier alpha value is -1.05. The molecule has 1 N–H and O–H groups in total. The van der Waals surface area contributed by atoms with E-state index in [1.165, 1.54) is 5.56 Å². The lowest BCUT2D eigenvalue weighted by Gasteiger charge is -2.31. The lowest BCUT2D eigenvalue weighted by Crippen LogP contribution is -2.38. The number of halogens is 1. The minimum Gasteiger partial charge on any atom is -0.307 e. The first kappa shape index (κ1) is 10.5. The number of hydrogen-bond acceptors (Lipinski definition) is 1. The van der Waals surface area contributed by atoms with Crippen molar-refractivity contribution in [3.8, 4) is 0 Å². The molecule has 1 nitrogen and oxygen atoms in total. The van der Waals surface area contributed by atoms with Crippen LogP contribution in [0.3, 0.4) is 0 Å². The molecule has 15 heavy (non-hydrogen) atoms. The van der Waals surface area contributed by atoms with E-state index >= 15 is 0 Å². The van der Waals surface area contributed by atoms with Gasteiger partial charge >= 0.3 is 0 Å². The van der Waals surface area contributed by atoms with Crippen molar-refractivity contribution >= 4 is 11.6 Å². The van der Waals surface area contributed by atoms with Gasteiger partial charge in [-0.25, -0.2) is 0 Å². The SMILES string of the molecule is CNC1(c2ccc(Cl)cc2)C=CC=CC1. The molecule has 78 valence electrons. The lowest BCUT2D eigenvalue weighted by atomic mass is 9.84. The molecule has 0 radical (unpaired) electrons. The molecule has 0 saturated heterocycles. The van der Waals surface area contributed by atoms with Crippen LogP contribution in [0.15, 0.2) is 48.6 Å². The molecule has 1 aromatic carbocycles. The molecule has 2 rings (SSSR count). The average Bonchev–Trinajstić information content (AvgIpc) is 2.31. The summed E-state index contributed by atoms with van der Waals surface area (Å²) in [5.41, 5.74) is 1.18. The van der Waals surface area contributed by atoms with Crippen LogP contribution in [0.1, 0.15) is 12.0 Å². The maximum atomic E-state index is 5.89. The highest BCUT2D eigenvalue weighted by Gasteiger charge is 2.26. The van der Waals surface area contributed by atoms with E-state index in [4.69, 9.17) is 11.6 Å². The summed E-state index contributed by atoms with van der Waals surface area (Å²) in [5.74, 6) is 0. The van der Waals surface area contributed by atoms with Crippen LogP contribution >= 0.6 is 11.6 Å². The fourth-order valence-corrected chi connectivity index (χ4v) is 2.04. The third-order valence-electron chi connectivity index (χ3n) is 2.87. The fourth-order valence-electron chi connectivity index (χ4n) is 1.91. The largest absolute Gasteiger partial charge is 0.307 e. The monoisotopic (exact) mass is 219 g/mol. The highest BCUT2D eigenvalue weighted by molar-refractivity contribution is 6.30. The predicted octanol–water partition coefficient (Wildman–Crippen LogP) is 3.27. The first-order valence-corrected chi connectivity index (χ1v) is 5.44. The predicted molar refractivity (Wildman–Crippen MR) is 65.1 cm³/mol. The first-order chi connectivity index (χ1) is 7.27. The van der Waals surface area contributed by atoms with Crippen molar-refractivity contribution in [3.05, 3.63) is 59.2 Å². The van der Waals surface area contributed by atoms with E-state index in [0.29, 0.717) is 0 Å². The molecule has 1 aliphatic carbocycles. The summed E-state index contributed by atoms with van der Waals surface area (Å²) in [6.07, 6.45) is 9.49. The molecule has 1 aliphatic rings. The summed E-state index contributed by atoms with van der Waals surface area (Å²) in [6.45, 7) is 0. The van der Waals surface area contributed by atoms with Crippen LogP contribution in [-0.4, -0.2) is 7.05 Å². The summed E-state index contributed by atoms with van der Waals surface area (Å²) < 4.78 is 0. The van der Waals surface area contributed by atoms with E-state index in [2.05, 4.69) is 41.8 Å². The Balaban J connectivity index is 2.38. The molecule has 0 heterocycles. The van der Waals surface area contributed by atoms with Gasteiger partial charge in [0.1, 0.15) is 0 Å². The van der Waals surface area contributed by atoms with Gasteiger partial charge < -0.3 is 5.32 Å². The van der Waals surface area contributed by atoms with Crippen LogP contribution in [-0.2, 0) is 5.54 Å². The van der Waals surface area contributed by atoms with Gasteiger partial charge in [-0.2, -0.15) is 0 Å². The minimum atomic E-state index is -0.0701. The van der Waals surface area contributed by atoms with Crippen LogP contribution in [0.25, 0.3) is 0 Å². The molecule has 0 spiro atoms. The van der Waals surface area contributed by atoms with Crippen LogP contribution in [0.2, 0.25) is 5.02 Å². The second-order valence-electron chi connectivity index (χ2n) is 3.72. The Kier molecular flexibility index (Phi) is 2.94. The Bertz CT molecular complexity index is 392. The normalized spacial score (nSPS) is 24.4. The molecule has 0 fully saturated rings. The number of nitrogens with one attached hydrogen (secondary N) is 1. The van der Waals surface area contributed by atoms with Gasteiger partial charge in [-0.15, -0.1) is 0 Å². The topological polar surface area (TPSA) is 12.0 Å². The van der Waals surface area contributed by atoms with Crippen LogP contribution < -0.4 is 5.32 Å². The summed E-state index contributed by atoms with van der Waals surface area (Å²) >= 11 is 5.89. The van der Waals surface area contributed by atoms with Crippen LogP contribution in [0, 0.1) is 0 Å². The second kappa shape index (κ2) is 4.21. The molecule has 1 aromatic rings. The maximum absolute atomic E-state index is 5.89. The van der Waals surface area contributed by atoms with Gasteiger partial charge in [0.2, 0.25) is 0 Å². The number of likely N-dealkylation sites (N-methyl/N-ethyl adjacent to an activating group) is 1. The highest BCUT2D eigenvalue weighted by atomic mass is 35.5. The van der Waals surface area contributed by atoms with Crippen molar-refractivity contribution in [2.75, 3.05) is 7.05 Å². The molecule has 0 aliphatic heterocycles. The third-order valence-corrected chi connectivity index (χ3v) is 3.13. The zero-order chi connectivity index (χ0) is 10.7. The van der Waals surface area contributed by atoms with Crippen LogP contribution in [0.4, 0.5) is 0 Å². The van der Waals surface area contributed by atoms with E-state index < -0.39 is 0 Å². The molecular formula is C13H14ClN. The summed E-state index contributed by atoms with van der Waals surface area (Å²) in [4.78, 5) is 0. The van der Waals surface area contributed by atoms with Crippen LogP contribution in [0.5, 0.6) is 0 Å². The molecule has 0 amide bonds. The zero-order valence-corrected chi connectivity index (χ0v) is 9.46. The Morgan fingerprint density at radius 2 is 1.93 bits per heavy atom. The molecule has 2 heteroatoms. The van der Waals surface area contributed by atoms with Gasteiger partial charge in [0.05, 0.1) is 5.54 Å². The average molecular weight is 220 g/mol. The lowest BCUT2D eigenvalue weighted by molar-refractivity contribution is 0.458. The molecule has 0 saturated carbocycles. The smallest absolute Gasteiger partial charge is 0.0656 e. The van der Waals surface area contributed by atoms with E-state index in [1.54, 1.807) is 0 Å². The minimum absolute atomic E-state index is 0.0701. The van der Waals surface area contributed by atoms with Gasteiger partial charge in [-0.1, -0.05) is 48.0 Å². The Morgan fingerprint density at radius 3 is 2.47 bits per heavy atom. The summed E-state index contributed by atoms with van der Waals surface area (Å²) in [5, 5.41) is 4.15. The van der Waals surface area contributed by atoms with E-state index in [9.17, 15) is 0 Å². The van der Waals surface area contributed by atoms with Crippen molar-refractivity contribution in [1.82, 2.24) is 5.32 Å². The highest BCUT2D eigenvalue weighted by Crippen LogP contribution is 2.30. The van der Waals surface area contributed by atoms with Crippen molar-refractivity contribution in [2.24, 2.45) is 0 Å². The van der Waals surface area contributed by atoms with Crippen molar-refractivity contribution in [3.63, 3.8) is 0 Å². The van der Waals surface area contributed by atoms with Gasteiger partial charge in [-0.3, -0.25) is 0 Å². The van der Waals surface area contributed by atoms with E-state index in [-0.39, 0.29) is 5.54 Å². The third kappa shape index (κ3) is 1.99. The Morgan fingerprint density at radius 1 is 1.20 bits per heavy atom. The van der Waals surface area contributed by atoms with Gasteiger partial charge in [0.25, 0.3) is 0 Å². The molecule has 1 unspecified atom stereocenters. The maximum Gasteiger partial charge on any atom is 0.0656 e. The van der Waals surface area contributed by atoms with E-state index in [1.807, 2.05) is 19.2 Å². The van der Waals surface area contributed by atoms with Crippen molar-refractivity contribution in [2.45, 2.75) is 12.0 Å². The number of allylic oxidation sites excluding steroid dienone is 2. The number of rotatable bonds is 2. The number of hydrogen-bond donors (Lipinski definition) is 1. The molecule has 0 bridgehead atoms. The first-order valence-electron chi connectivity index (χ1n) is 5.06. The molecule has 1 atom stereocenters. The van der Waals surface area contributed by atoms with Gasteiger partial charge in [0, 0.05) is 5.02 Å². The van der Waals surface area contributed by atoms with Crippen molar-refractivity contribution < 1.29 is 0 Å². The van der Waals surface area contributed by atoms with Gasteiger partial charge in [0.15, 0.2) is 0 Å². The van der Waals surface area contributed by atoms with E-state index in [0.717, 1.165) is 11.4 Å². The summed E-state index contributed by atoms with van der Waals surface area (Å²) in [7, 11) is 1.98. The standard InChI is InChI=1S/C13H14ClN/c1-15-13(9-3-2-4-10-13)11-5-7-12(14)8-6-11/h2-9,15H,10H2,1H3. The van der Waals surface area contributed by atoms with Crippen molar-refractivity contribution in [1.29, 1.82) is 0 Å². The molecular weight excluding hydrogens is 206 g/mol. The zero-order valence-electron chi connectivity index (χ0n) is 8.70.